The molecule has 1 aliphatic carbocycles. The van der Waals surface area contributed by atoms with Crippen LogP contribution in [0.25, 0.3) is 17.2 Å². The largest absolute Gasteiger partial charge is 0.458 e. The van der Waals surface area contributed by atoms with Crippen molar-refractivity contribution < 1.29 is 13.9 Å². The Hall–Kier alpha value is -2.94. The van der Waals surface area contributed by atoms with Crippen LogP contribution in [0.2, 0.25) is 12.6 Å². The van der Waals surface area contributed by atoms with Gasteiger partial charge in [0.1, 0.15) is 11.4 Å². The summed E-state index contributed by atoms with van der Waals surface area (Å²) in [6, 6.07) is 10.4. The molecule has 6 heteroatoms. The van der Waals surface area contributed by atoms with Crippen molar-refractivity contribution in [1.82, 2.24) is 4.98 Å². The van der Waals surface area contributed by atoms with E-state index < -0.39 is 5.60 Å². The van der Waals surface area contributed by atoms with Gasteiger partial charge < -0.3 is 4.74 Å². The van der Waals surface area contributed by atoms with Gasteiger partial charge in [-0.3, -0.25) is 9.78 Å². The van der Waals surface area contributed by atoms with E-state index in [0.29, 0.717) is 18.3 Å². The van der Waals surface area contributed by atoms with Crippen LogP contribution in [0.15, 0.2) is 48.7 Å². The van der Waals surface area contributed by atoms with Gasteiger partial charge in [-0.25, -0.2) is 9.65 Å². The maximum Gasteiger partial charge on any atom is 0.306 e. The molecule has 0 bridgehead atoms. The third-order valence-electron chi connectivity index (χ3n) is 7.39. The zero-order valence-corrected chi connectivity index (χ0v) is 17.3. The van der Waals surface area contributed by atoms with Gasteiger partial charge in [-0.2, -0.15) is 0 Å². The first-order valence-corrected chi connectivity index (χ1v) is 11.1. The van der Waals surface area contributed by atoms with Gasteiger partial charge in [-0.1, -0.05) is 43.3 Å². The fourth-order valence-corrected chi connectivity index (χ4v) is 5.97. The molecule has 0 radical (unpaired) electrons. The van der Waals surface area contributed by atoms with E-state index in [0.717, 1.165) is 48.7 Å². The van der Waals surface area contributed by atoms with E-state index in [1.807, 2.05) is 24.3 Å². The third-order valence-corrected chi connectivity index (χ3v) is 7.39. The van der Waals surface area contributed by atoms with Gasteiger partial charge >= 0.3 is 5.97 Å². The number of nitrogens with zero attached hydrogens (tertiary/aromatic N) is 2. The number of benzene rings is 1. The van der Waals surface area contributed by atoms with E-state index in [1.54, 1.807) is 12.3 Å². The van der Waals surface area contributed by atoms with Crippen molar-refractivity contribution in [2.45, 2.75) is 43.9 Å². The third kappa shape index (κ3) is 3.78. The van der Waals surface area contributed by atoms with Crippen LogP contribution in [-0.2, 0) is 9.53 Å². The molecule has 156 valence electrons. The van der Waals surface area contributed by atoms with E-state index in [-0.39, 0.29) is 24.4 Å². The minimum absolute atomic E-state index is 0.105. The van der Waals surface area contributed by atoms with Gasteiger partial charge in [0, 0.05) is 30.1 Å². The van der Waals surface area contributed by atoms with Crippen molar-refractivity contribution in [1.29, 1.82) is 5.26 Å². The van der Waals surface area contributed by atoms with Gasteiger partial charge in [0.05, 0.1) is 5.69 Å². The molecule has 2 aliphatic heterocycles. The minimum Gasteiger partial charge on any atom is -0.458 e. The summed E-state index contributed by atoms with van der Waals surface area (Å²) in [6.07, 6.45) is 10.9. The Morgan fingerprint density at radius 3 is 2.90 bits per heavy atom. The number of hydrogen-bond donors (Lipinski definition) is 0. The van der Waals surface area contributed by atoms with E-state index in [1.165, 1.54) is 12.1 Å². The second kappa shape index (κ2) is 7.96. The normalized spacial score (nSPS) is 29.9. The maximum absolute atomic E-state index is 13.5. The van der Waals surface area contributed by atoms with Crippen molar-refractivity contribution in [3.63, 3.8) is 0 Å². The molecule has 1 saturated carbocycles. The van der Waals surface area contributed by atoms with Gasteiger partial charge in [0.15, 0.2) is 0 Å². The number of aromatic nitrogens is 1. The Balaban J connectivity index is 1.38. The lowest BCUT2D eigenvalue weighted by molar-refractivity contribution is -0.150. The fourth-order valence-electron chi connectivity index (χ4n) is 5.97. The summed E-state index contributed by atoms with van der Waals surface area (Å²) in [5, 5.41) is 9.37. The number of esters is 1. The first-order chi connectivity index (χ1) is 15.1. The summed E-state index contributed by atoms with van der Waals surface area (Å²) in [6.45, 7) is 0.121. The molecular formula is C25H24BFN2O2. The highest BCUT2D eigenvalue weighted by Gasteiger charge is 2.58. The molecule has 1 spiro atoms. The number of nitriles is 1. The highest BCUT2D eigenvalue weighted by molar-refractivity contribution is 6.67. The number of hydrogen-bond acceptors (Lipinski definition) is 4. The Morgan fingerprint density at radius 1 is 1.29 bits per heavy atom. The molecule has 5 rings (SSSR count). The molecule has 1 aromatic carbocycles. The predicted octanol–water partition coefficient (Wildman–Crippen LogP) is 5.19. The molecule has 4 unspecified atom stereocenters. The highest BCUT2D eigenvalue weighted by atomic mass is 19.1. The number of pyridine rings is 1. The van der Waals surface area contributed by atoms with E-state index >= 15 is 0 Å². The maximum atomic E-state index is 13.5. The average Bonchev–Trinajstić information content (AvgIpc) is 3.30. The zero-order valence-electron chi connectivity index (χ0n) is 17.3. The predicted molar refractivity (Wildman–Crippen MR) is 117 cm³/mol. The molecule has 2 aromatic rings. The first-order valence-electron chi connectivity index (χ1n) is 11.1. The second-order valence-corrected chi connectivity index (χ2v) is 9.17. The summed E-state index contributed by atoms with van der Waals surface area (Å²) in [4.78, 5) is 16.6. The topological polar surface area (TPSA) is 63.0 Å². The van der Waals surface area contributed by atoms with Crippen LogP contribution in [0, 0.1) is 34.8 Å². The molecule has 0 amide bonds. The molecular weight excluding hydrogens is 390 g/mol. The number of carbonyl (C=O) groups is 1. The number of halogens is 1. The quantitative estimate of drug-likeness (QED) is 0.512. The molecule has 3 fully saturated rings. The minimum atomic E-state index is -0.422. The fraction of sp³-hybridized carbons (Fsp3) is 0.400. The Labute approximate surface area is 182 Å². The van der Waals surface area contributed by atoms with E-state index in [4.69, 9.17) is 4.74 Å². The van der Waals surface area contributed by atoms with Crippen molar-refractivity contribution in [3.8, 4) is 17.1 Å². The van der Waals surface area contributed by atoms with Crippen LogP contribution in [0.4, 0.5) is 4.39 Å². The van der Waals surface area contributed by atoms with Crippen LogP contribution in [0.1, 0.15) is 31.4 Å². The smallest absolute Gasteiger partial charge is 0.306 e. The Morgan fingerprint density at radius 2 is 2.19 bits per heavy atom. The van der Waals surface area contributed by atoms with Gasteiger partial charge in [0.2, 0.25) is 0 Å². The Bertz CT molecular complexity index is 1060. The van der Waals surface area contributed by atoms with E-state index in [2.05, 4.69) is 17.0 Å². The summed E-state index contributed by atoms with van der Waals surface area (Å²) >= 11 is 0. The average molecular weight is 414 g/mol. The summed E-state index contributed by atoms with van der Waals surface area (Å²) in [5.41, 5.74) is 2.07. The number of carbonyl (C=O) groups excluding carboxylic acids is 1. The molecule has 1 aromatic heterocycles. The summed E-state index contributed by atoms with van der Waals surface area (Å²) < 4.78 is 19.4. The highest BCUT2D eigenvalue weighted by Crippen LogP contribution is 2.57. The van der Waals surface area contributed by atoms with E-state index in [9.17, 15) is 14.4 Å². The molecule has 3 aliphatic rings. The molecule has 31 heavy (non-hydrogen) atoms. The van der Waals surface area contributed by atoms with Crippen LogP contribution in [0.5, 0.6) is 0 Å². The van der Waals surface area contributed by atoms with Crippen molar-refractivity contribution in [3.05, 3.63) is 60.2 Å². The van der Waals surface area contributed by atoms with Gasteiger partial charge in [-0.15, -0.1) is 0 Å². The SMILES string of the molecule is N#CB1CCC2C(C1)CC1(CCC(=O)O1)C2/C=C/c1ccc(-c2cccc(F)c2)cn1. The molecule has 4 nitrogen and oxygen atoms in total. The van der Waals surface area contributed by atoms with Gasteiger partial charge in [-0.05, 0) is 54.5 Å². The summed E-state index contributed by atoms with van der Waals surface area (Å²) in [7, 11) is 0. The number of ether oxygens (including phenoxy) is 1. The number of fused-ring (bicyclic) bond motifs is 1. The monoisotopic (exact) mass is 414 g/mol. The molecule has 3 heterocycles. The lowest BCUT2D eigenvalue weighted by atomic mass is 9.39. The zero-order chi connectivity index (χ0) is 21.4. The van der Waals surface area contributed by atoms with Crippen LogP contribution < -0.4 is 0 Å². The van der Waals surface area contributed by atoms with Crippen molar-refractivity contribution in [2.75, 3.05) is 0 Å². The Kier molecular flexibility index (Phi) is 5.13. The molecule has 2 saturated heterocycles. The lowest BCUT2D eigenvalue weighted by Gasteiger charge is -2.32. The number of rotatable bonds is 3. The van der Waals surface area contributed by atoms with Gasteiger partial charge in [0.25, 0.3) is 6.71 Å². The first kappa shape index (κ1) is 20.0. The van der Waals surface area contributed by atoms with Crippen LogP contribution >= 0.6 is 0 Å². The second-order valence-electron chi connectivity index (χ2n) is 9.17. The van der Waals surface area contributed by atoms with Crippen LogP contribution in [-0.4, -0.2) is 23.3 Å². The standard InChI is InChI=1S/C25H24BFN2O2/c27-20-3-1-2-17(12-20)18-4-5-21(29-15-18)6-7-23-22-9-11-26(16-28)14-19(22)13-25(23)10-8-24(30)31-25/h1-7,12,15,19,22-23H,8-11,13-14H2/b7-6+. The lowest BCUT2D eigenvalue weighted by Crippen LogP contribution is -2.34. The molecule has 4 atom stereocenters. The van der Waals surface area contributed by atoms with Crippen molar-refractivity contribution >= 4 is 18.8 Å². The van der Waals surface area contributed by atoms with Crippen LogP contribution in [0.3, 0.4) is 0 Å². The van der Waals surface area contributed by atoms with Crippen molar-refractivity contribution in [2.24, 2.45) is 17.8 Å². The summed E-state index contributed by atoms with van der Waals surface area (Å²) in [5.74, 6) is 3.11. The molecule has 0 N–H and O–H groups in total.